The van der Waals surface area contributed by atoms with Crippen LogP contribution >= 0.6 is 0 Å². The Kier molecular flexibility index (Phi) is 3.02. The zero-order valence-corrected chi connectivity index (χ0v) is 8.77. The molecule has 0 spiro atoms. The van der Waals surface area contributed by atoms with E-state index in [0.717, 1.165) is 6.42 Å². The third-order valence-electron chi connectivity index (χ3n) is 2.75. The lowest BCUT2D eigenvalue weighted by molar-refractivity contribution is -0.139. The molecule has 2 rings (SSSR count). The number of ether oxygens (including phenoxy) is 1. The Hall–Kier alpha value is -1.35. The third kappa shape index (κ3) is 2.57. The van der Waals surface area contributed by atoms with Gasteiger partial charge in [0.2, 0.25) is 0 Å². The molecule has 3 nitrogen and oxygen atoms in total. The number of rotatable bonds is 4. The van der Waals surface area contributed by atoms with Gasteiger partial charge in [0, 0.05) is 12.0 Å². The molecule has 1 aromatic carbocycles. The number of carbonyl (C=O) groups excluding carboxylic acids is 1. The normalized spacial score (nSPS) is 23.5. The van der Waals surface area contributed by atoms with Gasteiger partial charge in [-0.05, 0) is 12.0 Å². The summed E-state index contributed by atoms with van der Waals surface area (Å²) in [6, 6.07) is 10.8. The minimum atomic E-state index is -0.200. The fourth-order valence-electron chi connectivity index (χ4n) is 1.78. The molecule has 1 aromatic rings. The quantitative estimate of drug-likeness (QED) is 0.753. The highest BCUT2D eigenvalue weighted by Crippen LogP contribution is 2.40. The molecule has 0 unspecified atom stereocenters. The second-order valence-electron chi connectivity index (χ2n) is 3.82. The lowest BCUT2D eigenvalue weighted by Gasteiger charge is -2.02. The number of hydrogen-bond donors (Lipinski definition) is 1. The monoisotopic (exact) mass is 205 g/mol. The number of hydrogen-bond acceptors (Lipinski definition) is 3. The second-order valence-corrected chi connectivity index (χ2v) is 3.82. The highest BCUT2D eigenvalue weighted by Gasteiger charge is 2.37. The molecule has 80 valence electrons. The van der Waals surface area contributed by atoms with E-state index >= 15 is 0 Å². The number of benzene rings is 1. The van der Waals surface area contributed by atoms with Crippen molar-refractivity contribution in [3.63, 3.8) is 0 Å². The number of carbonyl (C=O) groups is 1. The van der Waals surface area contributed by atoms with Crippen LogP contribution in [0.15, 0.2) is 30.3 Å². The van der Waals surface area contributed by atoms with Gasteiger partial charge in [0.15, 0.2) is 0 Å². The van der Waals surface area contributed by atoms with E-state index in [0.29, 0.717) is 18.5 Å². The van der Waals surface area contributed by atoms with Gasteiger partial charge < -0.3 is 10.1 Å². The zero-order valence-electron chi connectivity index (χ0n) is 8.77. The minimum absolute atomic E-state index is 0.200. The Morgan fingerprint density at radius 3 is 2.87 bits per heavy atom. The highest BCUT2D eigenvalue weighted by molar-refractivity contribution is 5.71. The predicted octanol–water partition coefficient (Wildman–Crippen LogP) is 1.31. The first-order valence-corrected chi connectivity index (χ1v) is 5.16. The molecule has 0 saturated heterocycles. The molecule has 0 aliphatic heterocycles. The van der Waals surface area contributed by atoms with Gasteiger partial charge in [-0.3, -0.25) is 4.79 Å². The van der Waals surface area contributed by atoms with Crippen molar-refractivity contribution in [2.24, 2.45) is 0 Å². The summed E-state index contributed by atoms with van der Waals surface area (Å²) in [5.74, 6) is 0.365. The Balaban J connectivity index is 1.79. The van der Waals surface area contributed by atoms with E-state index in [1.54, 1.807) is 0 Å². The predicted molar refractivity (Wildman–Crippen MR) is 57.6 cm³/mol. The van der Waals surface area contributed by atoms with Crippen molar-refractivity contribution in [3.8, 4) is 0 Å². The maximum atomic E-state index is 10.9. The van der Waals surface area contributed by atoms with E-state index in [1.807, 2.05) is 18.2 Å². The van der Waals surface area contributed by atoms with Crippen LogP contribution in [-0.2, 0) is 9.53 Å². The summed E-state index contributed by atoms with van der Waals surface area (Å²) in [6.45, 7) is 0.310. The minimum Gasteiger partial charge on any atom is -0.468 e. The van der Waals surface area contributed by atoms with Crippen molar-refractivity contribution in [3.05, 3.63) is 35.9 Å². The first-order valence-electron chi connectivity index (χ1n) is 5.16. The van der Waals surface area contributed by atoms with E-state index in [9.17, 15) is 4.79 Å². The van der Waals surface area contributed by atoms with E-state index < -0.39 is 0 Å². The molecule has 1 fully saturated rings. The van der Waals surface area contributed by atoms with Crippen LogP contribution in [0.4, 0.5) is 0 Å². The summed E-state index contributed by atoms with van der Waals surface area (Å²) in [7, 11) is 1.41. The fraction of sp³-hybridized carbons (Fsp3) is 0.417. The number of nitrogens with one attached hydrogen (secondary N) is 1. The largest absolute Gasteiger partial charge is 0.468 e. The smallest absolute Gasteiger partial charge is 0.319 e. The summed E-state index contributed by atoms with van der Waals surface area (Å²) in [6.07, 6.45) is 1.11. The second kappa shape index (κ2) is 4.45. The van der Waals surface area contributed by atoms with Crippen molar-refractivity contribution in [2.45, 2.75) is 18.4 Å². The maximum Gasteiger partial charge on any atom is 0.319 e. The van der Waals surface area contributed by atoms with Gasteiger partial charge in [-0.2, -0.15) is 0 Å². The van der Waals surface area contributed by atoms with Crippen LogP contribution in [0.5, 0.6) is 0 Å². The van der Waals surface area contributed by atoms with Crippen LogP contribution in [0.3, 0.4) is 0 Å². The maximum absolute atomic E-state index is 10.9. The Morgan fingerprint density at radius 2 is 2.20 bits per heavy atom. The van der Waals surface area contributed by atoms with Crippen LogP contribution in [0.25, 0.3) is 0 Å². The SMILES string of the molecule is COC(=O)CN[C@@H]1C[C@H]1c1ccccc1. The molecule has 0 bridgehead atoms. The molecule has 2 atom stereocenters. The zero-order chi connectivity index (χ0) is 10.7. The van der Waals surface area contributed by atoms with Gasteiger partial charge >= 0.3 is 5.97 Å². The number of esters is 1. The van der Waals surface area contributed by atoms with Crippen LogP contribution in [-0.4, -0.2) is 25.7 Å². The van der Waals surface area contributed by atoms with Gasteiger partial charge in [-0.15, -0.1) is 0 Å². The summed E-state index contributed by atoms with van der Waals surface area (Å²) < 4.78 is 4.57. The third-order valence-corrected chi connectivity index (χ3v) is 2.75. The molecule has 0 radical (unpaired) electrons. The molecule has 1 aliphatic carbocycles. The van der Waals surface area contributed by atoms with Gasteiger partial charge in [-0.25, -0.2) is 0 Å². The van der Waals surface area contributed by atoms with Crippen LogP contribution in [0, 0.1) is 0 Å². The first kappa shape index (κ1) is 10.2. The summed E-state index contributed by atoms with van der Waals surface area (Å²) in [4.78, 5) is 10.9. The highest BCUT2D eigenvalue weighted by atomic mass is 16.5. The van der Waals surface area contributed by atoms with Crippen LogP contribution < -0.4 is 5.32 Å². The summed E-state index contributed by atoms with van der Waals surface area (Å²) in [5.41, 5.74) is 1.35. The van der Waals surface area contributed by atoms with Crippen molar-refractivity contribution in [1.29, 1.82) is 0 Å². The van der Waals surface area contributed by atoms with Gasteiger partial charge in [0.05, 0.1) is 13.7 Å². The molecule has 0 aromatic heterocycles. The lowest BCUT2D eigenvalue weighted by Crippen LogP contribution is -2.26. The van der Waals surface area contributed by atoms with Crippen molar-refractivity contribution >= 4 is 5.97 Å². The van der Waals surface area contributed by atoms with Crippen molar-refractivity contribution in [1.82, 2.24) is 5.32 Å². The molecule has 3 heteroatoms. The molecular weight excluding hydrogens is 190 g/mol. The molecule has 1 N–H and O–H groups in total. The average Bonchev–Trinajstić information content (AvgIpc) is 3.06. The molecular formula is C12H15NO2. The van der Waals surface area contributed by atoms with Crippen molar-refractivity contribution < 1.29 is 9.53 Å². The van der Waals surface area contributed by atoms with Gasteiger partial charge in [0.1, 0.15) is 0 Å². The van der Waals surface area contributed by atoms with Crippen LogP contribution in [0.2, 0.25) is 0 Å². The standard InChI is InChI=1S/C12H15NO2/c1-15-12(14)8-13-11-7-10(11)9-5-3-2-4-6-9/h2-6,10-11,13H,7-8H2,1H3/t10-,11+/m0/s1. The van der Waals surface area contributed by atoms with E-state index in [4.69, 9.17) is 0 Å². The average molecular weight is 205 g/mol. The van der Waals surface area contributed by atoms with E-state index in [1.165, 1.54) is 12.7 Å². The Morgan fingerprint density at radius 1 is 1.47 bits per heavy atom. The van der Waals surface area contributed by atoms with Gasteiger partial charge in [0.25, 0.3) is 0 Å². The fourth-order valence-corrected chi connectivity index (χ4v) is 1.78. The molecule has 0 amide bonds. The molecule has 0 heterocycles. The summed E-state index contributed by atoms with van der Waals surface area (Å²) >= 11 is 0. The number of methoxy groups -OCH3 is 1. The first-order chi connectivity index (χ1) is 7.31. The van der Waals surface area contributed by atoms with E-state index in [2.05, 4.69) is 22.2 Å². The van der Waals surface area contributed by atoms with Crippen molar-refractivity contribution in [2.75, 3.05) is 13.7 Å². The molecule has 1 saturated carbocycles. The molecule has 1 aliphatic rings. The Labute approximate surface area is 89.4 Å². The molecule has 15 heavy (non-hydrogen) atoms. The van der Waals surface area contributed by atoms with E-state index in [-0.39, 0.29) is 5.97 Å². The van der Waals surface area contributed by atoms with Crippen LogP contribution in [0.1, 0.15) is 17.9 Å². The Bertz CT molecular complexity index is 337. The lowest BCUT2D eigenvalue weighted by atomic mass is 10.1. The van der Waals surface area contributed by atoms with Gasteiger partial charge in [-0.1, -0.05) is 30.3 Å². The topological polar surface area (TPSA) is 38.3 Å². The summed E-state index contributed by atoms with van der Waals surface area (Å²) in [5, 5.41) is 3.18.